The van der Waals surface area contributed by atoms with Gasteiger partial charge in [0, 0.05) is 25.2 Å². The van der Waals surface area contributed by atoms with E-state index in [0.717, 1.165) is 13.1 Å². The normalized spacial score (nSPS) is 14.6. The van der Waals surface area contributed by atoms with E-state index in [9.17, 15) is 10.1 Å². The highest BCUT2D eigenvalue weighted by Crippen LogP contribution is 2.24. The number of pyridine rings is 1. The highest BCUT2D eigenvalue weighted by Gasteiger charge is 2.19. The lowest BCUT2D eigenvalue weighted by atomic mass is 10.4. The van der Waals surface area contributed by atoms with Gasteiger partial charge in [-0.1, -0.05) is 0 Å². The molecule has 0 aliphatic heterocycles. The third-order valence-electron chi connectivity index (χ3n) is 2.47. The van der Waals surface area contributed by atoms with Crippen molar-refractivity contribution in [1.82, 2.24) is 10.3 Å². The van der Waals surface area contributed by atoms with E-state index < -0.39 is 4.92 Å². The summed E-state index contributed by atoms with van der Waals surface area (Å²) >= 11 is 3.26. The van der Waals surface area contributed by atoms with Crippen LogP contribution >= 0.6 is 15.9 Å². The highest BCUT2D eigenvalue weighted by atomic mass is 79.9. The van der Waals surface area contributed by atoms with Crippen LogP contribution in [0, 0.1) is 10.1 Å². The van der Waals surface area contributed by atoms with Crippen LogP contribution in [0.25, 0.3) is 0 Å². The van der Waals surface area contributed by atoms with E-state index in [-0.39, 0.29) is 5.69 Å². The summed E-state index contributed by atoms with van der Waals surface area (Å²) in [5, 5.41) is 17.0. The fourth-order valence-electron chi connectivity index (χ4n) is 1.40. The van der Waals surface area contributed by atoms with Gasteiger partial charge in [-0.15, -0.1) is 0 Å². The van der Waals surface area contributed by atoms with Crippen LogP contribution in [0.1, 0.15) is 12.8 Å². The number of nitrogens with zero attached hydrogens (tertiary/aromatic N) is 2. The van der Waals surface area contributed by atoms with E-state index in [4.69, 9.17) is 0 Å². The van der Waals surface area contributed by atoms with Crippen molar-refractivity contribution in [1.29, 1.82) is 0 Å². The third-order valence-corrected chi connectivity index (χ3v) is 3.07. The second kappa shape index (κ2) is 5.42. The second-order valence-electron chi connectivity index (χ2n) is 3.94. The van der Waals surface area contributed by atoms with Crippen molar-refractivity contribution in [3.8, 4) is 0 Å². The lowest BCUT2D eigenvalue weighted by Crippen LogP contribution is -2.24. The van der Waals surface area contributed by atoms with Crippen molar-refractivity contribution in [3.05, 3.63) is 26.9 Å². The molecule has 2 N–H and O–H groups in total. The Kier molecular flexibility index (Phi) is 3.90. The van der Waals surface area contributed by atoms with Gasteiger partial charge < -0.3 is 10.6 Å². The Morgan fingerprint density at radius 1 is 1.53 bits per heavy atom. The van der Waals surface area contributed by atoms with E-state index in [1.165, 1.54) is 25.1 Å². The molecular weight excluding hydrogens is 288 g/mol. The van der Waals surface area contributed by atoms with Crippen molar-refractivity contribution in [2.45, 2.75) is 18.9 Å². The van der Waals surface area contributed by atoms with Gasteiger partial charge in [0.15, 0.2) is 0 Å². The molecule has 0 unspecified atom stereocenters. The van der Waals surface area contributed by atoms with Crippen molar-refractivity contribution in [2.24, 2.45) is 0 Å². The van der Waals surface area contributed by atoms with Crippen LogP contribution in [0.2, 0.25) is 0 Å². The Bertz CT molecular complexity index is 423. The van der Waals surface area contributed by atoms with Crippen LogP contribution in [0.15, 0.2) is 16.7 Å². The number of hydrogen-bond acceptors (Lipinski definition) is 5. The van der Waals surface area contributed by atoms with E-state index in [1.54, 1.807) is 0 Å². The van der Waals surface area contributed by atoms with Crippen LogP contribution in [0.3, 0.4) is 0 Å². The van der Waals surface area contributed by atoms with E-state index in [2.05, 4.69) is 31.5 Å². The minimum atomic E-state index is -0.462. The number of nitro groups is 1. The van der Waals surface area contributed by atoms with E-state index in [1.807, 2.05) is 0 Å². The van der Waals surface area contributed by atoms with Gasteiger partial charge in [-0.2, -0.15) is 0 Å². The molecule has 0 saturated heterocycles. The van der Waals surface area contributed by atoms with Crippen molar-refractivity contribution in [2.75, 3.05) is 18.4 Å². The maximum atomic E-state index is 10.5. The predicted molar refractivity (Wildman–Crippen MR) is 68.1 cm³/mol. The molecule has 0 aromatic carbocycles. The fourth-order valence-corrected chi connectivity index (χ4v) is 1.88. The van der Waals surface area contributed by atoms with Gasteiger partial charge in [-0.25, -0.2) is 4.98 Å². The summed E-state index contributed by atoms with van der Waals surface area (Å²) in [6.45, 7) is 1.62. The van der Waals surface area contributed by atoms with Gasteiger partial charge in [-0.3, -0.25) is 10.1 Å². The van der Waals surface area contributed by atoms with Gasteiger partial charge >= 0.3 is 0 Å². The average molecular weight is 301 g/mol. The van der Waals surface area contributed by atoms with Crippen molar-refractivity contribution in [3.63, 3.8) is 0 Å². The molecule has 2 rings (SSSR count). The molecule has 1 aliphatic rings. The monoisotopic (exact) mass is 300 g/mol. The van der Waals surface area contributed by atoms with Gasteiger partial charge in [0.1, 0.15) is 12.0 Å². The zero-order valence-corrected chi connectivity index (χ0v) is 10.7. The van der Waals surface area contributed by atoms with Gasteiger partial charge in [0.2, 0.25) is 0 Å². The topological polar surface area (TPSA) is 80.1 Å². The molecule has 7 heteroatoms. The summed E-state index contributed by atoms with van der Waals surface area (Å²) in [6.07, 6.45) is 3.78. The lowest BCUT2D eigenvalue weighted by molar-refractivity contribution is -0.385. The van der Waals surface area contributed by atoms with Crippen LogP contribution in [0.5, 0.6) is 0 Å². The molecule has 6 nitrogen and oxygen atoms in total. The first-order valence-electron chi connectivity index (χ1n) is 5.44. The minimum absolute atomic E-state index is 0.0152. The molecule has 0 spiro atoms. The molecule has 1 aromatic heterocycles. The molecule has 0 radical (unpaired) electrons. The summed E-state index contributed by atoms with van der Waals surface area (Å²) in [7, 11) is 0. The molecule has 1 aliphatic carbocycles. The quantitative estimate of drug-likeness (QED) is 0.476. The van der Waals surface area contributed by atoms with Crippen molar-refractivity contribution >= 4 is 27.4 Å². The van der Waals surface area contributed by atoms with Crippen molar-refractivity contribution < 1.29 is 4.92 Å². The smallest absolute Gasteiger partial charge is 0.288 e. The average Bonchev–Trinajstić information content (AvgIpc) is 3.09. The molecule has 0 atom stereocenters. The van der Waals surface area contributed by atoms with Crippen LogP contribution in [-0.2, 0) is 0 Å². The molecule has 0 amide bonds. The molecule has 92 valence electrons. The molecular formula is C10H13BrN4O2. The molecule has 17 heavy (non-hydrogen) atoms. The maximum absolute atomic E-state index is 10.5. The summed E-state index contributed by atoms with van der Waals surface area (Å²) in [6, 6.07) is 2.13. The Morgan fingerprint density at radius 2 is 2.29 bits per heavy atom. The summed E-state index contributed by atoms with van der Waals surface area (Å²) < 4.78 is 0.609. The Balaban J connectivity index is 1.84. The molecule has 0 bridgehead atoms. The lowest BCUT2D eigenvalue weighted by Gasteiger charge is -2.07. The molecule has 1 aromatic rings. The molecule has 1 saturated carbocycles. The Morgan fingerprint density at radius 3 is 2.88 bits per heavy atom. The third kappa shape index (κ3) is 3.64. The van der Waals surface area contributed by atoms with Crippen LogP contribution < -0.4 is 10.6 Å². The zero-order valence-electron chi connectivity index (χ0n) is 9.15. The first-order chi connectivity index (χ1) is 8.16. The fraction of sp³-hybridized carbons (Fsp3) is 0.500. The second-order valence-corrected chi connectivity index (χ2v) is 4.79. The SMILES string of the molecule is O=[N+]([O-])c1cnc(NCCNC2CC2)c(Br)c1. The summed E-state index contributed by atoms with van der Waals surface area (Å²) in [4.78, 5) is 14.1. The highest BCUT2D eigenvalue weighted by molar-refractivity contribution is 9.10. The first-order valence-corrected chi connectivity index (χ1v) is 6.23. The summed E-state index contributed by atoms with van der Waals surface area (Å²) in [5.41, 5.74) is -0.0152. The maximum Gasteiger partial charge on any atom is 0.288 e. The number of anilines is 1. The number of halogens is 1. The first kappa shape index (κ1) is 12.3. The Labute approximate surface area is 107 Å². The zero-order chi connectivity index (χ0) is 12.3. The molecule has 1 heterocycles. The van der Waals surface area contributed by atoms with Crippen LogP contribution in [-0.4, -0.2) is 29.0 Å². The van der Waals surface area contributed by atoms with Gasteiger partial charge in [0.05, 0.1) is 9.40 Å². The number of nitrogens with one attached hydrogen (secondary N) is 2. The van der Waals surface area contributed by atoms with Crippen LogP contribution in [0.4, 0.5) is 11.5 Å². The standard InChI is InChI=1S/C10H13BrN4O2/c11-9-5-8(15(16)17)6-14-10(9)13-4-3-12-7-1-2-7/h5-7,12H,1-4H2,(H,13,14). The van der Waals surface area contributed by atoms with Gasteiger partial charge in [0.25, 0.3) is 5.69 Å². The predicted octanol–water partition coefficient (Wildman–Crippen LogP) is 1.92. The van der Waals surface area contributed by atoms with Gasteiger partial charge in [-0.05, 0) is 28.8 Å². The number of aromatic nitrogens is 1. The minimum Gasteiger partial charge on any atom is -0.368 e. The number of hydrogen-bond donors (Lipinski definition) is 2. The van der Waals surface area contributed by atoms with E-state index >= 15 is 0 Å². The van der Waals surface area contributed by atoms with E-state index in [0.29, 0.717) is 16.3 Å². The largest absolute Gasteiger partial charge is 0.368 e. The number of rotatable bonds is 6. The molecule has 1 fully saturated rings. The Hall–Kier alpha value is -1.21. The summed E-state index contributed by atoms with van der Waals surface area (Å²) in [5.74, 6) is 0.633.